The molecular formula is C9H13. The first-order chi connectivity index (χ1) is 4.41. The Morgan fingerprint density at radius 2 is 1.78 bits per heavy atom. The predicted molar refractivity (Wildman–Crippen MR) is 42.1 cm³/mol. The van der Waals surface area contributed by atoms with E-state index in [4.69, 9.17) is 6.58 Å². The summed E-state index contributed by atoms with van der Waals surface area (Å²) >= 11 is 0. The molecule has 0 saturated heterocycles. The summed E-state index contributed by atoms with van der Waals surface area (Å²) in [6.45, 7) is 7.17. The highest BCUT2D eigenvalue weighted by molar-refractivity contribution is 4.93. The standard InChI is InChI=1S/C9H13/c1-3-5-7-9-8-6-4-2/h1,3-4,6-7,9H,5,8H2,2H3/b3-1?,6-4+,9-7+. The fourth-order valence-corrected chi connectivity index (χ4v) is 0.486. The highest BCUT2D eigenvalue weighted by atomic mass is 13.7. The van der Waals surface area contributed by atoms with Crippen LogP contribution in [0, 0.1) is 6.58 Å². The molecule has 49 valence electrons. The van der Waals surface area contributed by atoms with Crippen molar-refractivity contribution in [3.8, 4) is 0 Å². The summed E-state index contributed by atoms with van der Waals surface area (Å²) < 4.78 is 0. The molecular weight excluding hydrogens is 108 g/mol. The zero-order valence-electron chi connectivity index (χ0n) is 5.88. The van der Waals surface area contributed by atoms with Gasteiger partial charge in [-0.15, -0.1) is 0 Å². The molecule has 0 aromatic heterocycles. The lowest BCUT2D eigenvalue weighted by atomic mass is 10.3. The molecule has 0 saturated carbocycles. The van der Waals surface area contributed by atoms with Gasteiger partial charge in [0.2, 0.25) is 0 Å². The number of rotatable bonds is 4. The summed E-state index contributed by atoms with van der Waals surface area (Å²) in [5, 5.41) is 0. The van der Waals surface area contributed by atoms with E-state index in [0.717, 1.165) is 12.8 Å². The molecule has 0 spiro atoms. The van der Waals surface area contributed by atoms with Gasteiger partial charge in [0.25, 0.3) is 0 Å². The maximum atomic E-state index is 5.15. The molecule has 0 nitrogen and oxygen atoms in total. The van der Waals surface area contributed by atoms with Gasteiger partial charge in [0, 0.05) is 0 Å². The second-order valence-electron chi connectivity index (χ2n) is 1.75. The third-order valence-electron chi connectivity index (χ3n) is 0.947. The Kier molecular flexibility index (Phi) is 6.59. The van der Waals surface area contributed by atoms with Gasteiger partial charge in [0.15, 0.2) is 0 Å². The maximum Gasteiger partial charge on any atom is -0.0166 e. The fraction of sp³-hybridized carbons (Fsp3) is 0.333. The monoisotopic (exact) mass is 121 g/mol. The van der Waals surface area contributed by atoms with Gasteiger partial charge in [-0.25, -0.2) is 0 Å². The predicted octanol–water partition coefficient (Wildman–Crippen LogP) is 2.89. The van der Waals surface area contributed by atoms with Crippen molar-refractivity contribution in [3.63, 3.8) is 0 Å². The van der Waals surface area contributed by atoms with Crippen molar-refractivity contribution in [2.24, 2.45) is 0 Å². The van der Waals surface area contributed by atoms with Crippen LogP contribution in [0.1, 0.15) is 19.8 Å². The molecule has 0 unspecified atom stereocenters. The van der Waals surface area contributed by atoms with Crippen molar-refractivity contribution >= 4 is 0 Å². The van der Waals surface area contributed by atoms with Crippen molar-refractivity contribution < 1.29 is 0 Å². The van der Waals surface area contributed by atoms with E-state index in [-0.39, 0.29) is 0 Å². The molecule has 0 heterocycles. The topological polar surface area (TPSA) is 0 Å². The van der Waals surface area contributed by atoms with Crippen molar-refractivity contribution in [1.82, 2.24) is 0 Å². The largest absolute Gasteiger partial charge is 0.0914 e. The second-order valence-corrected chi connectivity index (χ2v) is 1.75. The van der Waals surface area contributed by atoms with Crippen LogP contribution in [0.3, 0.4) is 0 Å². The smallest absolute Gasteiger partial charge is 0.0166 e. The minimum atomic E-state index is 0.873. The van der Waals surface area contributed by atoms with Crippen LogP contribution in [0.4, 0.5) is 0 Å². The highest BCUT2D eigenvalue weighted by Crippen LogP contribution is 1.88. The lowest BCUT2D eigenvalue weighted by Gasteiger charge is -1.78. The summed E-state index contributed by atoms with van der Waals surface area (Å²) in [6, 6.07) is 0. The third kappa shape index (κ3) is 7.22. The molecule has 0 fully saturated rings. The van der Waals surface area contributed by atoms with Crippen molar-refractivity contribution in [2.75, 3.05) is 0 Å². The van der Waals surface area contributed by atoms with E-state index in [2.05, 4.69) is 18.2 Å². The highest BCUT2D eigenvalue weighted by Gasteiger charge is 1.67. The maximum absolute atomic E-state index is 5.15. The molecule has 0 heteroatoms. The Morgan fingerprint density at radius 1 is 1.11 bits per heavy atom. The SMILES string of the molecule is [CH]=CC/C=C/C/C=C/C. The summed E-state index contributed by atoms with van der Waals surface area (Å²) in [4.78, 5) is 0. The molecule has 0 aliphatic rings. The van der Waals surface area contributed by atoms with Crippen LogP contribution >= 0.6 is 0 Å². The zero-order valence-corrected chi connectivity index (χ0v) is 5.88. The fourth-order valence-electron chi connectivity index (χ4n) is 0.486. The molecule has 0 aromatic rings. The van der Waals surface area contributed by atoms with Gasteiger partial charge in [-0.1, -0.05) is 37.0 Å². The van der Waals surface area contributed by atoms with Crippen LogP contribution in [0.2, 0.25) is 0 Å². The first-order valence-corrected chi connectivity index (χ1v) is 3.21. The number of hydrogen-bond acceptors (Lipinski definition) is 0. The molecule has 0 aliphatic carbocycles. The summed E-state index contributed by atoms with van der Waals surface area (Å²) in [5.41, 5.74) is 0. The van der Waals surface area contributed by atoms with Crippen LogP contribution in [0.5, 0.6) is 0 Å². The molecule has 0 rings (SSSR count). The van der Waals surface area contributed by atoms with E-state index < -0.39 is 0 Å². The molecule has 0 amide bonds. The van der Waals surface area contributed by atoms with Crippen LogP contribution in [0.15, 0.2) is 30.4 Å². The van der Waals surface area contributed by atoms with Gasteiger partial charge in [0.05, 0.1) is 0 Å². The van der Waals surface area contributed by atoms with Crippen LogP contribution < -0.4 is 0 Å². The summed E-state index contributed by atoms with van der Waals surface area (Å²) in [7, 11) is 0. The second kappa shape index (κ2) is 7.22. The van der Waals surface area contributed by atoms with Gasteiger partial charge in [-0.05, 0) is 19.8 Å². The summed E-state index contributed by atoms with van der Waals surface area (Å²) in [6.07, 6.45) is 11.8. The minimum absolute atomic E-state index is 0.873. The van der Waals surface area contributed by atoms with Crippen LogP contribution in [0.25, 0.3) is 0 Å². The average Bonchev–Trinajstić information content (AvgIpc) is 1.89. The first kappa shape index (κ1) is 8.22. The Labute approximate surface area is 57.6 Å². The molecule has 9 heavy (non-hydrogen) atoms. The summed E-state index contributed by atoms with van der Waals surface area (Å²) in [5.74, 6) is 0. The number of hydrogen-bond donors (Lipinski definition) is 0. The van der Waals surface area contributed by atoms with Crippen molar-refractivity contribution in [2.45, 2.75) is 19.8 Å². The van der Waals surface area contributed by atoms with Gasteiger partial charge in [0.1, 0.15) is 0 Å². The van der Waals surface area contributed by atoms with E-state index >= 15 is 0 Å². The van der Waals surface area contributed by atoms with Gasteiger partial charge < -0.3 is 0 Å². The third-order valence-corrected chi connectivity index (χ3v) is 0.947. The van der Waals surface area contributed by atoms with Gasteiger partial charge in [-0.2, -0.15) is 0 Å². The molecule has 0 N–H and O–H groups in total. The van der Waals surface area contributed by atoms with E-state index in [1.807, 2.05) is 13.0 Å². The quantitative estimate of drug-likeness (QED) is 0.502. The minimum Gasteiger partial charge on any atom is -0.0914 e. The molecule has 0 bridgehead atoms. The molecule has 1 radical (unpaired) electrons. The van der Waals surface area contributed by atoms with Crippen molar-refractivity contribution in [3.05, 3.63) is 37.0 Å². The van der Waals surface area contributed by atoms with Gasteiger partial charge >= 0.3 is 0 Å². The molecule has 0 aliphatic heterocycles. The lowest BCUT2D eigenvalue weighted by Crippen LogP contribution is -1.57. The Morgan fingerprint density at radius 3 is 2.33 bits per heavy atom. The number of allylic oxidation sites excluding steroid dienone is 5. The van der Waals surface area contributed by atoms with Gasteiger partial charge in [-0.3, -0.25) is 0 Å². The van der Waals surface area contributed by atoms with Crippen LogP contribution in [-0.4, -0.2) is 0 Å². The van der Waals surface area contributed by atoms with E-state index in [0.29, 0.717) is 0 Å². The molecule has 0 aromatic carbocycles. The van der Waals surface area contributed by atoms with Crippen LogP contribution in [-0.2, 0) is 0 Å². The Balaban J connectivity index is 3.14. The average molecular weight is 121 g/mol. The van der Waals surface area contributed by atoms with E-state index in [1.165, 1.54) is 0 Å². The van der Waals surface area contributed by atoms with E-state index in [9.17, 15) is 0 Å². The normalized spacial score (nSPS) is 11.2. The Hall–Kier alpha value is -0.780. The zero-order chi connectivity index (χ0) is 6.95. The lowest BCUT2D eigenvalue weighted by molar-refractivity contribution is 1.31. The molecule has 0 atom stereocenters. The van der Waals surface area contributed by atoms with Crippen molar-refractivity contribution in [1.29, 1.82) is 0 Å². The Bertz CT molecular complexity index is 107. The first-order valence-electron chi connectivity index (χ1n) is 3.21. The van der Waals surface area contributed by atoms with E-state index in [1.54, 1.807) is 6.08 Å².